The fourth-order valence-corrected chi connectivity index (χ4v) is 2.85. The number of benzene rings is 1. The Morgan fingerprint density at radius 1 is 1.16 bits per heavy atom. The van der Waals surface area contributed by atoms with Crippen molar-refractivity contribution in [1.82, 2.24) is 9.71 Å². The molecule has 1 aromatic heterocycles. The predicted octanol–water partition coefficient (Wildman–Crippen LogP) is 1.65. The lowest BCUT2D eigenvalue weighted by molar-refractivity contribution is 0.584. The van der Waals surface area contributed by atoms with Gasteiger partial charge in [-0.15, -0.1) is 0 Å². The fourth-order valence-electron chi connectivity index (χ4n) is 1.94. The van der Waals surface area contributed by atoms with Gasteiger partial charge in [0.1, 0.15) is 5.82 Å². The van der Waals surface area contributed by atoms with E-state index < -0.39 is 16.0 Å². The monoisotopic (exact) mass is 279 g/mol. The van der Waals surface area contributed by atoms with E-state index in [1.807, 2.05) is 0 Å². The van der Waals surface area contributed by atoms with Crippen molar-refractivity contribution in [2.75, 3.05) is 4.72 Å². The molecule has 2 heterocycles. The van der Waals surface area contributed by atoms with Crippen LogP contribution in [0, 0.1) is 5.82 Å². The van der Waals surface area contributed by atoms with E-state index in [0.717, 1.165) is 17.3 Å². The van der Waals surface area contributed by atoms with Crippen LogP contribution in [0.3, 0.4) is 0 Å². The van der Waals surface area contributed by atoms with Crippen molar-refractivity contribution in [3.63, 3.8) is 0 Å². The van der Waals surface area contributed by atoms with E-state index in [9.17, 15) is 12.8 Å². The molecule has 0 fully saturated rings. The Hall–Kier alpha value is -1.99. The molecule has 0 spiro atoms. The van der Waals surface area contributed by atoms with Crippen molar-refractivity contribution in [2.45, 2.75) is 6.54 Å². The maximum absolute atomic E-state index is 13.1. The summed E-state index contributed by atoms with van der Waals surface area (Å²) in [5.74, 6) is -0.408. The van der Waals surface area contributed by atoms with Crippen LogP contribution in [0.25, 0.3) is 11.1 Å². The van der Waals surface area contributed by atoms with Gasteiger partial charge in [0.25, 0.3) is 10.2 Å². The number of aromatic nitrogens is 1. The van der Waals surface area contributed by atoms with E-state index in [4.69, 9.17) is 0 Å². The van der Waals surface area contributed by atoms with Gasteiger partial charge in [0, 0.05) is 18.3 Å². The smallest absolute Gasteiger partial charge is 0.271 e. The third kappa shape index (κ3) is 2.42. The number of hydrogen-bond acceptors (Lipinski definition) is 3. The SMILES string of the molecule is O=S1(=O)NCc2cc(-c3cncc(F)c3)ccc2N1. The zero-order chi connectivity index (χ0) is 13.5. The molecule has 98 valence electrons. The fraction of sp³-hybridized carbons (Fsp3) is 0.0833. The second kappa shape index (κ2) is 4.29. The predicted molar refractivity (Wildman–Crippen MR) is 69.0 cm³/mol. The Labute approximate surface area is 109 Å². The molecule has 2 aromatic rings. The van der Waals surface area contributed by atoms with E-state index in [2.05, 4.69) is 14.4 Å². The van der Waals surface area contributed by atoms with Gasteiger partial charge in [-0.3, -0.25) is 9.71 Å². The Balaban J connectivity index is 2.03. The summed E-state index contributed by atoms with van der Waals surface area (Å²) in [4.78, 5) is 3.79. The molecule has 3 rings (SSSR count). The molecule has 2 N–H and O–H groups in total. The Kier molecular flexibility index (Phi) is 2.72. The molecule has 0 saturated heterocycles. The molecule has 0 radical (unpaired) electrons. The van der Waals surface area contributed by atoms with Gasteiger partial charge in [-0.05, 0) is 29.3 Å². The minimum Gasteiger partial charge on any atom is -0.271 e. The summed E-state index contributed by atoms with van der Waals surface area (Å²) in [5.41, 5.74) is 2.77. The van der Waals surface area contributed by atoms with Gasteiger partial charge < -0.3 is 0 Å². The van der Waals surface area contributed by atoms with Crippen LogP contribution in [0.1, 0.15) is 5.56 Å². The van der Waals surface area contributed by atoms with E-state index in [1.165, 1.54) is 6.07 Å². The topological polar surface area (TPSA) is 71.1 Å². The molecule has 0 amide bonds. The zero-order valence-electron chi connectivity index (χ0n) is 9.72. The number of anilines is 1. The van der Waals surface area contributed by atoms with Crippen molar-refractivity contribution in [2.24, 2.45) is 0 Å². The highest BCUT2D eigenvalue weighted by Gasteiger charge is 2.19. The van der Waals surface area contributed by atoms with Crippen molar-refractivity contribution in [3.05, 3.63) is 48.0 Å². The second-order valence-corrected chi connectivity index (χ2v) is 5.69. The minimum absolute atomic E-state index is 0.210. The molecule has 0 unspecified atom stereocenters. The molecule has 7 heteroatoms. The molecule has 1 aliphatic rings. The summed E-state index contributed by atoms with van der Waals surface area (Å²) in [6, 6.07) is 6.58. The Morgan fingerprint density at radius 3 is 2.79 bits per heavy atom. The summed E-state index contributed by atoms with van der Waals surface area (Å²) < 4.78 is 40.6. The standard InChI is InChI=1S/C12H10FN3O2S/c13-11-4-9(5-14-7-11)8-1-2-12-10(3-8)6-15-19(17,18)16-12/h1-5,7,15-16H,6H2. The molecule has 5 nitrogen and oxygen atoms in total. The number of nitrogens with one attached hydrogen (secondary N) is 2. The highest BCUT2D eigenvalue weighted by atomic mass is 32.2. The van der Waals surface area contributed by atoms with Gasteiger partial charge in [-0.2, -0.15) is 13.1 Å². The molecule has 19 heavy (non-hydrogen) atoms. The maximum atomic E-state index is 13.1. The average molecular weight is 279 g/mol. The van der Waals surface area contributed by atoms with Crippen molar-refractivity contribution in [3.8, 4) is 11.1 Å². The molecule has 0 saturated carbocycles. The zero-order valence-corrected chi connectivity index (χ0v) is 10.5. The Morgan fingerprint density at radius 2 is 2.00 bits per heavy atom. The highest BCUT2D eigenvalue weighted by molar-refractivity contribution is 7.90. The first-order valence-electron chi connectivity index (χ1n) is 5.55. The second-order valence-electron chi connectivity index (χ2n) is 4.19. The van der Waals surface area contributed by atoms with Crippen LogP contribution >= 0.6 is 0 Å². The molecule has 0 aliphatic carbocycles. The van der Waals surface area contributed by atoms with Crippen LogP contribution in [0.2, 0.25) is 0 Å². The number of nitrogens with zero attached hydrogens (tertiary/aromatic N) is 1. The van der Waals surface area contributed by atoms with Crippen LogP contribution in [-0.4, -0.2) is 13.4 Å². The number of halogens is 1. The first-order valence-corrected chi connectivity index (χ1v) is 7.03. The van der Waals surface area contributed by atoms with E-state index >= 15 is 0 Å². The van der Waals surface area contributed by atoms with Crippen LogP contribution < -0.4 is 9.44 Å². The van der Waals surface area contributed by atoms with Gasteiger partial charge in [0.15, 0.2) is 0 Å². The van der Waals surface area contributed by atoms with Crippen LogP contribution in [0.5, 0.6) is 0 Å². The van der Waals surface area contributed by atoms with Gasteiger partial charge in [-0.1, -0.05) is 6.07 Å². The lowest BCUT2D eigenvalue weighted by atomic mass is 10.0. The van der Waals surface area contributed by atoms with Crippen molar-refractivity contribution < 1.29 is 12.8 Å². The first kappa shape index (κ1) is 12.1. The summed E-state index contributed by atoms with van der Waals surface area (Å²) in [7, 11) is -3.45. The summed E-state index contributed by atoms with van der Waals surface area (Å²) in [5, 5.41) is 0. The number of fused-ring (bicyclic) bond motifs is 1. The Bertz CT molecular complexity index is 746. The van der Waals surface area contributed by atoms with Crippen LogP contribution in [0.4, 0.5) is 10.1 Å². The van der Waals surface area contributed by atoms with E-state index in [-0.39, 0.29) is 6.54 Å². The van der Waals surface area contributed by atoms with Crippen LogP contribution in [0.15, 0.2) is 36.7 Å². The normalized spacial score (nSPS) is 16.5. The van der Waals surface area contributed by atoms with Crippen molar-refractivity contribution >= 4 is 15.9 Å². The van der Waals surface area contributed by atoms with Gasteiger partial charge in [-0.25, -0.2) is 4.39 Å². The van der Waals surface area contributed by atoms with Gasteiger partial charge >= 0.3 is 0 Å². The van der Waals surface area contributed by atoms with Crippen LogP contribution in [-0.2, 0) is 16.8 Å². The highest BCUT2D eigenvalue weighted by Crippen LogP contribution is 2.27. The van der Waals surface area contributed by atoms with Gasteiger partial charge in [0.05, 0.1) is 11.9 Å². The largest absolute Gasteiger partial charge is 0.299 e. The minimum atomic E-state index is -3.45. The molecular weight excluding hydrogens is 269 g/mol. The quantitative estimate of drug-likeness (QED) is 0.833. The number of hydrogen-bond donors (Lipinski definition) is 2. The molecule has 0 bridgehead atoms. The third-order valence-electron chi connectivity index (χ3n) is 2.84. The first-order chi connectivity index (χ1) is 9.03. The lowest BCUT2D eigenvalue weighted by Gasteiger charge is -2.19. The van der Waals surface area contributed by atoms with E-state index in [0.29, 0.717) is 11.3 Å². The average Bonchev–Trinajstić information content (AvgIpc) is 2.37. The van der Waals surface area contributed by atoms with Crippen molar-refractivity contribution in [1.29, 1.82) is 0 Å². The summed E-state index contributed by atoms with van der Waals surface area (Å²) in [6.45, 7) is 0.210. The third-order valence-corrected chi connectivity index (χ3v) is 3.85. The number of pyridine rings is 1. The number of rotatable bonds is 1. The van der Waals surface area contributed by atoms with Gasteiger partial charge in [0.2, 0.25) is 0 Å². The summed E-state index contributed by atoms with van der Waals surface area (Å²) >= 11 is 0. The molecular formula is C12H10FN3O2S. The molecule has 0 atom stereocenters. The summed E-state index contributed by atoms with van der Waals surface area (Å²) in [6.07, 6.45) is 2.70. The molecule has 1 aromatic carbocycles. The maximum Gasteiger partial charge on any atom is 0.299 e. The molecule has 1 aliphatic heterocycles. The lowest BCUT2D eigenvalue weighted by Crippen LogP contribution is -2.34. The van der Waals surface area contributed by atoms with E-state index in [1.54, 1.807) is 24.4 Å².